The fourth-order valence-corrected chi connectivity index (χ4v) is 1.75. The fourth-order valence-electron chi connectivity index (χ4n) is 1.75. The Hall–Kier alpha value is -0.960. The Morgan fingerprint density at radius 3 is 3.00 bits per heavy atom. The van der Waals surface area contributed by atoms with Gasteiger partial charge in [-0.1, -0.05) is 19.8 Å². The molecule has 1 saturated carbocycles. The minimum Gasteiger partial charge on any atom is -0.309 e. The third-order valence-corrected chi connectivity index (χ3v) is 2.68. The van der Waals surface area contributed by atoms with E-state index in [1.54, 1.807) is 6.33 Å². The molecule has 3 nitrogen and oxygen atoms in total. The van der Waals surface area contributed by atoms with E-state index in [0.29, 0.717) is 6.04 Å². The van der Waals surface area contributed by atoms with Crippen LogP contribution in [0.15, 0.2) is 18.6 Å². The molecule has 1 aromatic heterocycles. The van der Waals surface area contributed by atoms with Gasteiger partial charge in [0.05, 0.1) is 5.69 Å². The zero-order chi connectivity index (χ0) is 9.80. The largest absolute Gasteiger partial charge is 0.309 e. The highest BCUT2D eigenvalue weighted by molar-refractivity contribution is 5.05. The van der Waals surface area contributed by atoms with Crippen molar-refractivity contribution in [2.24, 2.45) is 5.92 Å². The summed E-state index contributed by atoms with van der Waals surface area (Å²) in [6, 6.07) is 2.44. The Morgan fingerprint density at radius 1 is 1.57 bits per heavy atom. The Kier molecular flexibility index (Phi) is 3.09. The lowest BCUT2D eigenvalue weighted by molar-refractivity contribution is 0.476. The number of nitrogens with one attached hydrogen (secondary N) is 1. The third kappa shape index (κ3) is 2.51. The summed E-state index contributed by atoms with van der Waals surface area (Å²) in [4.78, 5) is 8.25. The molecule has 0 aromatic carbocycles. The molecule has 1 N–H and O–H groups in total. The highest BCUT2D eigenvalue weighted by Crippen LogP contribution is 2.37. The van der Waals surface area contributed by atoms with Crippen molar-refractivity contribution in [1.29, 1.82) is 0 Å². The van der Waals surface area contributed by atoms with Crippen LogP contribution in [0, 0.1) is 5.92 Å². The number of hydrogen-bond donors (Lipinski definition) is 1. The first-order chi connectivity index (χ1) is 6.90. The molecule has 1 fully saturated rings. The summed E-state index contributed by atoms with van der Waals surface area (Å²) in [5.41, 5.74) is 1.13. The molecule has 2 rings (SSSR count). The van der Waals surface area contributed by atoms with Crippen molar-refractivity contribution in [1.82, 2.24) is 15.3 Å². The molecule has 1 aromatic rings. The van der Waals surface area contributed by atoms with Gasteiger partial charge in [0.1, 0.15) is 6.33 Å². The average molecular weight is 191 g/mol. The van der Waals surface area contributed by atoms with Gasteiger partial charge in [0.2, 0.25) is 0 Å². The van der Waals surface area contributed by atoms with Crippen molar-refractivity contribution in [2.75, 3.05) is 6.54 Å². The van der Waals surface area contributed by atoms with Crippen LogP contribution in [0.25, 0.3) is 0 Å². The topological polar surface area (TPSA) is 37.8 Å². The number of nitrogens with zero attached hydrogens (tertiary/aromatic N) is 2. The Labute approximate surface area is 85.0 Å². The van der Waals surface area contributed by atoms with Crippen LogP contribution in [0.3, 0.4) is 0 Å². The van der Waals surface area contributed by atoms with E-state index in [1.165, 1.54) is 19.3 Å². The van der Waals surface area contributed by atoms with Crippen LogP contribution in [0.4, 0.5) is 0 Å². The molecule has 0 aliphatic heterocycles. The van der Waals surface area contributed by atoms with Crippen molar-refractivity contribution in [3.63, 3.8) is 0 Å². The van der Waals surface area contributed by atoms with Gasteiger partial charge in [-0.15, -0.1) is 0 Å². The van der Waals surface area contributed by atoms with Crippen LogP contribution in [0.5, 0.6) is 0 Å². The summed E-state index contributed by atoms with van der Waals surface area (Å²) < 4.78 is 0. The van der Waals surface area contributed by atoms with Crippen LogP contribution < -0.4 is 5.32 Å². The summed E-state index contributed by atoms with van der Waals surface area (Å²) >= 11 is 0. The van der Waals surface area contributed by atoms with E-state index in [0.717, 1.165) is 18.2 Å². The van der Waals surface area contributed by atoms with Gasteiger partial charge in [-0.3, -0.25) is 0 Å². The van der Waals surface area contributed by atoms with Crippen molar-refractivity contribution in [3.8, 4) is 0 Å². The maximum absolute atomic E-state index is 4.30. The molecule has 1 unspecified atom stereocenters. The van der Waals surface area contributed by atoms with Gasteiger partial charge in [0.25, 0.3) is 0 Å². The third-order valence-electron chi connectivity index (χ3n) is 2.68. The Balaban J connectivity index is 2.01. The quantitative estimate of drug-likeness (QED) is 0.772. The molecule has 1 heterocycles. The van der Waals surface area contributed by atoms with Crippen molar-refractivity contribution < 1.29 is 0 Å². The lowest BCUT2D eigenvalue weighted by atomic mass is 10.1. The molecule has 3 heteroatoms. The highest BCUT2D eigenvalue weighted by atomic mass is 14.9. The van der Waals surface area contributed by atoms with E-state index < -0.39 is 0 Å². The highest BCUT2D eigenvalue weighted by Gasteiger charge is 2.26. The Bertz CT molecular complexity index is 269. The molecule has 14 heavy (non-hydrogen) atoms. The molecule has 0 saturated heterocycles. The lowest BCUT2D eigenvalue weighted by Crippen LogP contribution is -2.22. The predicted octanol–water partition coefficient (Wildman–Crippen LogP) is 1.93. The summed E-state index contributed by atoms with van der Waals surface area (Å²) in [6.45, 7) is 3.14. The van der Waals surface area contributed by atoms with Gasteiger partial charge in [-0.2, -0.15) is 0 Å². The van der Waals surface area contributed by atoms with Crippen molar-refractivity contribution >= 4 is 0 Å². The van der Waals surface area contributed by atoms with E-state index in [2.05, 4.69) is 22.2 Å². The van der Waals surface area contributed by atoms with E-state index >= 15 is 0 Å². The zero-order valence-corrected chi connectivity index (χ0v) is 8.61. The zero-order valence-electron chi connectivity index (χ0n) is 8.61. The first-order valence-electron chi connectivity index (χ1n) is 5.39. The average Bonchev–Trinajstić information content (AvgIpc) is 3.03. The summed E-state index contributed by atoms with van der Waals surface area (Å²) in [6.07, 6.45) is 7.47. The SMILES string of the molecule is CCNC(CC1CC1)c1ccncn1. The second-order valence-electron chi connectivity index (χ2n) is 3.92. The van der Waals surface area contributed by atoms with Crippen LogP contribution in [-0.2, 0) is 0 Å². The van der Waals surface area contributed by atoms with Gasteiger partial charge < -0.3 is 5.32 Å². The van der Waals surface area contributed by atoms with E-state index in [4.69, 9.17) is 0 Å². The monoisotopic (exact) mass is 191 g/mol. The minimum absolute atomic E-state index is 0.426. The van der Waals surface area contributed by atoms with E-state index in [-0.39, 0.29) is 0 Å². The molecule has 76 valence electrons. The molecule has 0 spiro atoms. The Morgan fingerprint density at radius 2 is 2.43 bits per heavy atom. The molecule has 0 bridgehead atoms. The standard InChI is InChI=1S/C11H17N3/c1-2-13-11(7-9-3-4-9)10-5-6-12-8-14-10/h5-6,8-9,11,13H,2-4,7H2,1H3. The summed E-state index contributed by atoms with van der Waals surface area (Å²) in [5.74, 6) is 0.925. The van der Waals surface area contributed by atoms with Crippen molar-refractivity contribution in [3.05, 3.63) is 24.3 Å². The minimum atomic E-state index is 0.426. The first-order valence-corrected chi connectivity index (χ1v) is 5.39. The number of hydrogen-bond acceptors (Lipinski definition) is 3. The van der Waals surface area contributed by atoms with Crippen LogP contribution in [-0.4, -0.2) is 16.5 Å². The molecule has 0 amide bonds. The van der Waals surface area contributed by atoms with Gasteiger partial charge in [0.15, 0.2) is 0 Å². The predicted molar refractivity (Wildman–Crippen MR) is 55.8 cm³/mol. The summed E-state index contributed by atoms with van der Waals surface area (Å²) in [7, 11) is 0. The van der Waals surface area contributed by atoms with Crippen LogP contribution in [0.1, 0.15) is 37.9 Å². The molecule has 1 atom stereocenters. The van der Waals surface area contributed by atoms with E-state index in [9.17, 15) is 0 Å². The molecular weight excluding hydrogens is 174 g/mol. The second-order valence-corrected chi connectivity index (χ2v) is 3.92. The molecular formula is C11H17N3. The summed E-state index contributed by atoms with van der Waals surface area (Å²) in [5, 5.41) is 3.48. The normalized spacial score (nSPS) is 18.1. The van der Waals surface area contributed by atoms with Gasteiger partial charge >= 0.3 is 0 Å². The molecule has 1 aliphatic rings. The van der Waals surface area contributed by atoms with Crippen LogP contribution in [0.2, 0.25) is 0 Å². The van der Waals surface area contributed by atoms with E-state index in [1.807, 2.05) is 12.3 Å². The molecule has 0 radical (unpaired) electrons. The second kappa shape index (κ2) is 4.51. The smallest absolute Gasteiger partial charge is 0.115 e. The fraction of sp³-hybridized carbons (Fsp3) is 0.636. The van der Waals surface area contributed by atoms with Gasteiger partial charge in [-0.05, 0) is 24.9 Å². The number of rotatable bonds is 5. The maximum Gasteiger partial charge on any atom is 0.115 e. The van der Waals surface area contributed by atoms with Crippen LogP contribution >= 0.6 is 0 Å². The number of aromatic nitrogens is 2. The van der Waals surface area contributed by atoms with Crippen molar-refractivity contribution in [2.45, 2.75) is 32.2 Å². The van der Waals surface area contributed by atoms with Gasteiger partial charge in [-0.25, -0.2) is 9.97 Å². The maximum atomic E-state index is 4.30. The molecule has 1 aliphatic carbocycles. The first kappa shape index (κ1) is 9.59. The lowest BCUT2D eigenvalue weighted by Gasteiger charge is -2.16. The van der Waals surface area contributed by atoms with Gasteiger partial charge in [0, 0.05) is 12.2 Å².